The summed E-state index contributed by atoms with van der Waals surface area (Å²) in [5, 5.41) is 2.89. The Morgan fingerprint density at radius 1 is 1.29 bits per heavy atom. The quantitative estimate of drug-likeness (QED) is 0.932. The number of pyridine rings is 1. The molecule has 0 bridgehead atoms. The lowest BCUT2D eigenvalue weighted by Crippen LogP contribution is -2.32. The van der Waals surface area contributed by atoms with Gasteiger partial charge in [-0.1, -0.05) is 0 Å². The Balaban J connectivity index is 1.80. The van der Waals surface area contributed by atoms with Crippen LogP contribution in [-0.2, 0) is 4.79 Å². The first-order valence-electron chi connectivity index (χ1n) is 8.38. The number of aryl methyl sites for hydroxylation is 2. The van der Waals surface area contributed by atoms with Crippen molar-refractivity contribution in [3.8, 4) is 11.3 Å². The maximum atomic E-state index is 12.0. The number of aromatic nitrogens is 3. The molecule has 0 aromatic carbocycles. The average Bonchev–Trinajstić information content (AvgIpc) is 3.05. The molecule has 1 aliphatic heterocycles. The van der Waals surface area contributed by atoms with E-state index in [1.54, 1.807) is 6.20 Å². The number of nitrogens with zero attached hydrogens (tertiary/aromatic N) is 4. The third kappa shape index (κ3) is 3.37. The monoisotopic (exact) mass is 325 g/mol. The first kappa shape index (κ1) is 16.4. The molecule has 0 aliphatic carbocycles. The van der Waals surface area contributed by atoms with Crippen LogP contribution in [0.1, 0.15) is 24.7 Å². The fraction of sp³-hybridized carbons (Fsp3) is 0.444. The second kappa shape index (κ2) is 6.95. The van der Waals surface area contributed by atoms with E-state index in [0.717, 1.165) is 35.6 Å². The zero-order valence-electron chi connectivity index (χ0n) is 14.4. The largest absolute Gasteiger partial charge is 0.356 e. The van der Waals surface area contributed by atoms with Gasteiger partial charge in [-0.25, -0.2) is 9.97 Å². The van der Waals surface area contributed by atoms with Crippen LogP contribution in [0.15, 0.2) is 24.4 Å². The zero-order chi connectivity index (χ0) is 17.1. The van der Waals surface area contributed by atoms with Gasteiger partial charge in [0.1, 0.15) is 0 Å². The molecule has 1 saturated heterocycles. The Morgan fingerprint density at radius 2 is 2.12 bits per heavy atom. The molecule has 1 N–H and O–H groups in total. The molecule has 0 spiro atoms. The number of nitrogens with one attached hydrogen (secondary N) is 1. The highest BCUT2D eigenvalue weighted by atomic mass is 16.1. The van der Waals surface area contributed by atoms with Gasteiger partial charge in [-0.2, -0.15) is 0 Å². The van der Waals surface area contributed by atoms with Gasteiger partial charge in [0.2, 0.25) is 11.9 Å². The van der Waals surface area contributed by atoms with E-state index in [4.69, 9.17) is 4.98 Å². The molecule has 3 heterocycles. The third-order valence-corrected chi connectivity index (χ3v) is 4.34. The van der Waals surface area contributed by atoms with E-state index in [1.165, 1.54) is 0 Å². The standard InChI is InChI=1S/C18H23N5O/c1-4-19-17(24)14-8-10-23(11-14)18-20-9-7-16(22-18)15-6-5-12(2)21-13(15)3/h5-7,9,14H,4,8,10-11H2,1-3H3,(H,19,24)/t14-/m0/s1. The SMILES string of the molecule is CCNC(=O)[C@H]1CCN(c2nccc(-c3ccc(C)nc3C)n2)C1. The van der Waals surface area contributed by atoms with Crippen molar-refractivity contribution in [3.63, 3.8) is 0 Å². The van der Waals surface area contributed by atoms with Crippen molar-refractivity contribution in [2.24, 2.45) is 5.92 Å². The average molecular weight is 325 g/mol. The van der Waals surface area contributed by atoms with Crippen LogP contribution in [0.5, 0.6) is 0 Å². The minimum Gasteiger partial charge on any atom is -0.356 e. The number of hydrogen-bond donors (Lipinski definition) is 1. The minimum atomic E-state index is 0.0139. The molecule has 0 saturated carbocycles. The molecular formula is C18H23N5O. The van der Waals surface area contributed by atoms with E-state index in [-0.39, 0.29) is 11.8 Å². The molecule has 1 amide bonds. The lowest BCUT2D eigenvalue weighted by atomic mass is 10.1. The zero-order valence-corrected chi connectivity index (χ0v) is 14.4. The fourth-order valence-corrected chi connectivity index (χ4v) is 3.08. The Hall–Kier alpha value is -2.50. The van der Waals surface area contributed by atoms with Crippen LogP contribution < -0.4 is 10.2 Å². The van der Waals surface area contributed by atoms with Crippen LogP contribution in [0.2, 0.25) is 0 Å². The Morgan fingerprint density at radius 3 is 2.88 bits per heavy atom. The van der Waals surface area contributed by atoms with Gasteiger partial charge in [0.15, 0.2) is 0 Å². The van der Waals surface area contributed by atoms with Crippen molar-refractivity contribution in [2.75, 3.05) is 24.5 Å². The van der Waals surface area contributed by atoms with Crippen molar-refractivity contribution < 1.29 is 4.79 Å². The highest BCUT2D eigenvalue weighted by molar-refractivity contribution is 5.79. The van der Waals surface area contributed by atoms with E-state index in [0.29, 0.717) is 19.0 Å². The van der Waals surface area contributed by atoms with Crippen molar-refractivity contribution in [2.45, 2.75) is 27.2 Å². The van der Waals surface area contributed by atoms with Crippen molar-refractivity contribution >= 4 is 11.9 Å². The van der Waals surface area contributed by atoms with Gasteiger partial charge in [0.05, 0.1) is 11.6 Å². The van der Waals surface area contributed by atoms with E-state index in [1.807, 2.05) is 39.0 Å². The van der Waals surface area contributed by atoms with E-state index < -0.39 is 0 Å². The molecule has 0 unspecified atom stereocenters. The summed E-state index contributed by atoms with van der Waals surface area (Å²) in [4.78, 5) is 27.7. The maximum absolute atomic E-state index is 12.0. The highest BCUT2D eigenvalue weighted by Gasteiger charge is 2.29. The molecule has 3 rings (SSSR count). The predicted octanol–water partition coefficient (Wildman–Crippen LogP) is 2.12. The maximum Gasteiger partial charge on any atom is 0.225 e. The molecule has 0 radical (unpaired) electrons. The summed E-state index contributed by atoms with van der Waals surface area (Å²) in [5.74, 6) is 0.814. The fourth-order valence-electron chi connectivity index (χ4n) is 3.08. The second-order valence-electron chi connectivity index (χ2n) is 6.15. The first-order valence-corrected chi connectivity index (χ1v) is 8.38. The Bertz CT molecular complexity index is 746. The normalized spacial score (nSPS) is 17.1. The molecule has 1 aliphatic rings. The summed E-state index contributed by atoms with van der Waals surface area (Å²) in [7, 11) is 0. The molecule has 24 heavy (non-hydrogen) atoms. The van der Waals surface area contributed by atoms with E-state index in [9.17, 15) is 4.79 Å². The molecule has 1 fully saturated rings. The second-order valence-corrected chi connectivity index (χ2v) is 6.15. The number of amides is 1. The number of carbonyl (C=O) groups is 1. The molecule has 2 aromatic heterocycles. The van der Waals surface area contributed by atoms with Gasteiger partial charge in [-0.05, 0) is 45.4 Å². The highest BCUT2D eigenvalue weighted by Crippen LogP contribution is 2.25. The van der Waals surface area contributed by atoms with Gasteiger partial charge < -0.3 is 10.2 Å². The van der Waals surface area contributed by atoms with Crippen molar-refractivity contribution in [3.05, 3.63) is 35.8 Å². The summed E-state index contributed by atoms with van der Waals surface area (Å²) in [6.45, 7) is 8.05. The third-order valence-electron chi connectivity index (χ3n) is 4.34. The van der Waals surface area contributed by atoms with E-state index >= 15 is 0 Å². The Kier molecular flexibility index (Phi) is 4.74. The van der Waals surface area contributed by atoms with Crippen LogP contribution >= 0.6 is 0 Å². The van der Waals surface area contributed by atoms with Gasteiger partial charge in [0, 0.05) is 42.8 Å². The van der Waals surface area contributed by atoms with Crippen LogP contribution in [0.3, 0.4) is 0 Å². The minimum absolute atomic E-state index is 0.0139. The van der Waals surface area contributed by atoms with E-state index in [2.05, 4.69) is 20.2 Å². The van der Waals surface area contributed by atoms with Crippen molar-refractivity contribution in [1.29, 1.82) is 0 Å². The molecule has 2 aromatic rings. The summed E-state index contributed by atoms with van der Waals surface area (Å²) in [6, 6.07) is 5.94. The topological polar surface area (TPSA) is 71.0 Å². The molecule has 1 atom stereocenters. The predicted molar refractivity (Wildman–Crippen MR) is 93.7 cm³/mol. The van der Waals surface area contributed by atoms with Gasteiger partial charge >= 0.3 is 0 Å². The number of carbonyl (C=O) groups excluding carboxylic acids is 1. The van der Waals surface area contributed by atoms with Gasteiger partial charge in [-0.15, -0.1) is 0 Å². The summed E-state index contributed by atoms with van der Waals surface area (Å²) in [5.41, 5.74) is 3.84. The van der Waals surface area contributed by atoms with Crippen LogP contribution in [0.25, 0.3) is 11.3 Å². The molecule has 6 heteroatoms. The van der Waals surface area contributed by atoms with Crippen LogP contribution in [0.4, 0.5) is 5.95 Å². The summed E-state index contributed by atoms with van der Waals surface area (Å²) < 4.78 is 0. The number of rotatable bonds is 4. The summed E-state index contributed by atoms with van der Waals surface area (Å²) in [6.07, 6.45) is 2.61. The van der Waals surface area contributed by atoms with Gasteiger partial charge in [0.25, 0.3) is 0 Å². The smallest absolute Gasteiger partial charge is 0.225 e. The van der Waals surface area contributed by atoms with Crippen LogP contribution in [0, 0.1) is 19.8 Å². The van der Waals surface area contributed by atoms with Crippen molar-refractivity contribution in [1.82, 2.24) is 20.3 Å². The summed E-state index contributed by atoms with van der Waals surface area (Å²) >= 11 is 0. The number of anilines is 1. The molecular weight excluding hydrogens is 302 g/mol. The number of hydrogen-bond acceptors (Lipinski definition) is 5. The first-order chi connectivity index (χ1) is 11.6. The lowest BCUT2D eigenvalue weighted by molar-refractivity contribution is -0.124. The molecule has 126 valence electrons. The van der Waals surface area contributed by atoms with Crippen LogP contribution in [-0.4, -0.2) is 40.5 Å². The van der Waals surface area contributed by atoms with Gasteiger partial charge in [-0.3, -0.25) is 9.78 Å². The molecule has 6 nitrogen and oxygen atoms in total. The Labute approximate surface area is 142 Å². The lowest BCUT2D eigenvalue weighted by Gasteiger charge is -2.17.